The number of phosphoric acid groups is 1. The number of hydrogen-bond donors (Lipinski definition) is 14. The third kappa shape index (κ3) is 31.1. The van der Waals surface area contributed by atoms with Crippen molar-refractivity contribution in [2.45, 2.75) is 289 Å². The van der Waals surface area contributed by atoms with Gasteiger partial charge in [0.2, 0.25) is 41.4 Å². The largest absolute Gasteiger partial charge is 0.469 e. The number of carbonyl (C=O) groups excluding carboxylic acids is 13. The van der Waals surface area contributed by atoms with Gasteiger partial charge in [-0.25, -0.2) is 18.9 Å². The van der Waals surface area contributed by atoms with Crippen LogP contribution in [0, 0.1) is 17.8 Å². The summed E-state index contributed by atoms with van der Waals surface area (Å²) in [5.41, 5.74) is 7.88. The molecule has 12 amide bonds. The van der Waals surface area contributed by atoms with Gasteiger partial charge in [-0.05, 0) is 105 Å². The third-order valence-corrected chi connectivity index (χ3v) is 27.6. The first-order chi connectivity index (χ1) is 65.3. The second-order valence-electron chi connectivity index (χ2n) is 36.7. The average molecular weight is 1980 g/mol. The van der Waals surface area contributed by atoms with E-state index in [4.69, 9.17) is 91.1 Å². The summed E-state index contributed by atoms with van der Waals surface area (Å²) < 4.78 is 123. The molecule has 15 N–H and O–H groups in total. The van der Waals surface area contributed by atoms with Gasteiger partial charge in [0, 0.05) is 115 Å². The van der Waals surface area contributed by atoms with Gasteiger partial charge < -0.3 is 144 Å². The van der Waals surface area contributed by atoms with Crippen molar-refractivity contribution >= 4 is 98.1 Å². The number of benzene rings is 1. The van der Waals surface area contributed by atoms with E-state index in [0.29, 0.717) is 68.3 Å². The molecule has 0 saturated carbocycles. The second kappa shape index (κ2) is 50.1. The Hall–Kier alpha value is -8.71. The van der Waals surface area contributed by atoms with Gasteiger partial charge in [-0.1, -0.05) is 46.1 Å². The van der Waals surface area contributed by atoms with Gasteiger partial charge in [0.1, 0.15) is 73.1 Å². The van der Waals surface area contributed by atoms with E-state index in [9.17, 15) is 81.2 Å². The van der Waals surface area contributed by atoms with E-state index in [0.717, 1.165) is 29.7 Å². The molecule has 1 aromatic carbocycles. The number of primary amides is 1. The number of urea groups is 1. The molecule has 0 unspecified atom stereocenters. The number of nitrogens with one attached hydrogen (secondary N) is 9. The molecule has 13 rings (SSSR count). The summed E-state index contributed by atoms with van der Waals surface area (Å²) in [6, 6.07) is -1.64. The highest BCUT2D eigenvalue weighted by Gasteiger charge is 2.69. The average Bonchev–Trinajstić information content (AvgIpc) is 1.54. The van der Waals surface area contributed by atoms with Crippen LogP contribution in [-0.2, 0) is 144 Å². The van der Waals surface area contributed by atoms with Crippen molar-refractivity contribution in [2.75, 3.05) is 104 Å². The zero-order valence-corrected chi connectivity index (χ0v) is 79.1. The first-order valence-corrected chi connectivity index (χ1v) is 50.3. The molecule has 11 saturated heterocycles. The van der Waals surface area contributed by atoms with Crippen molar-refractivity contribution in [3.63, 3.8) is 0 Å². The molecule has 48 heteroatoms. The lowest BCUT2D eigenvalue weighted by Crippen LogP contribution is -2.61. The van der Waals surface area contributed by atoms with E-state index < -0.39 is 215 Å². The normalized spacial score (nSPS) is 29.6. The summed E-state index contributed by atoms with van der Waals surface area (Å²) >= 11 is 0. The maximum Gasteiger partial charge on any atom is 0.469 e. The number of nitrogens with two attached hydrogens (primary N) is 1. The Morgan fingerprint density at radius 1 is 0.620 bits per heavy atom. The molecule has 12 aliphatic heterocycles. The van der Waals surface area contributed by atoms with Crippen molar-refractivity contribution in [3.05, 3.63) is 66.3 Å². The van der Waals surface area contributed by atoms with Gasteiger partial charge in [0.15, 0.2) is 5.79 Å². The number of ether oxygens (including phenoxy) is 15. The van der Waals surface area contributed by atoms with E-state index in [2.05, 4.69) is 67.9 Å². The van der Waals surface area contributed by atoms with Crippen molar-refractivity contribution in [2.24, 2.45) is 23.5 Å². The fraction of sp³-hybridized carbons (Fsp3) is 0.719. The molecular weight excluding hydrogens is 1840 g/mol. The Kier molecular flexibility index (Phi) is 39.2. The number of rotatable bonds is 47. The predicted molar refractivity (Wildman–Crippen MR) is 476 cm³/mol. The van der Waals surface area contributed by atoms with Crippen molar-refractivity contribution in [1.82, 2.24) is 47.4 Å². The van der Waals surface area contributed by atoms with Crippen LogP contribution in [-0.4, -0.2) is 334 Å². The van der Waals surface area contributed by atoms with Crippen LogP contribution in [0.5, 0.6) is 0 Å². The van der Waals surface area contributed by atoms with Crippen LogP contribution < -0.4 is 53.6 Å². The number of fused-ring (bicyclic) bond motifs is 6. The number of Topliss-reactive ketones (excluding diaryl/α,β-unsaturated/α-hetero) is 1. The lowest BCUT2D eigenvalue weighted by molar-refractivity contribution is -0.292. The lowest BCUT2D eigenvalue weighted by atomic mass is 9.81. The number of hydrogen-bond acceptors (Lipinski definition) is 31. The van der Waals surface area contributed by atoms with Gasteiger partial charge in [0.05, 0.1) is 139 Å². The number of phosphoric ester groups is 1. The molecule has 12 bridgehead atoms. The summed E-state index contributed by atoms with van der Waals surface area (Å²) in [5.74, 6) is -10.3. The first-order valence-electron chi connectivity index (χ1n) is 46.9. The molecule has 1 aromatic rings. The number of esters is 1. The first kappa shape index (κ1) is 107. The van der Waals surface area contributed by atoms with Gasteiger partial charge in [-0.3, -0.25) is 61.9 Å². The quantitative estimate of drug-likeness (QED) is 0.0141. The number of imide groups is 1. The number of carbonyl (C=O) groups is 13. The lowest BCUT2D eigenvalue weighted by Gasteiger charge is -2.47. The minimum absolute atomic E-state index is 0.000723. The molecule has 1 spiro atoms. The maximum absolute atomic E-state index is 14.7. The number of amides is 12. The highest BCUT2D eigenvalue weighted by molar-refractivity contribution is 7.51. The SMILES string of the molecule is C=C1C[C@@H]2CC[C@@]34C[C@H]5O[C@H]6[C@@H](O3)[C@H]3O[C@H](CC[C@@H]3O[C@H]6[C@H]5O4)CC(=O)C[C@@H]3[C@@H](OC)[C@@H](C[C@@H](CCNC(=O)OCc4ccc(NC(=O)[C@H](CCCNC(N)=O)NC(=O)[C@@H](NC(=O)[C@H](CC(=O)N[C@H]5CCOC5=O)NC(=O)CCOCCOCCOCCOCCNC(=O)[C@H](CNC(=O)CCP(=O)(O)O)N5C(=O)C=CC5=O)C(C)C)cc4)OP(=O)(O)O)O[C@H]3C[C@H]3O[C@@H](CC[C@@H]1O2)C[C@@H](C)C3=C. The Bertz CT molecular complexity index is 4540. The fourth-order valence-electron chi connectivity index (χ4n) is 19.3. The molecule has 46 nitrogen and oxygen atoms in total. The third-order valence-electron chi connectivity index (χ3n) is 26.2. The second-order valence-corrected chi connectivity index (χ2v) is 39.7. The van der Waals surface area contributed by atoms with E-state index in [-0.39, 0.29) is 197 Å². The van der Waals surface area contributed by atoms with Gasteiger partial charge in [0.25, 0.3) is 11.8 Å². The number of anilines is 1. The van der Waals surface area contributed by atoms with Crippen molar-refractivity contribution in [3.8, 4) is 0 Å². The molecule has 0 aromatic heterocycles. The summed E-state index contributed by atoms with van der Waals surface area (Å²) in [6.07, 6.45) is -2.78. The van der Waals surface area contributed by atoms with Crippen LogP contribution in [0.1, 0.15) is 155 Å². The van der Waals surface area contributed by atoms with Gasteiger partial charge >= 0.3 is 33.5 Å². The van der Waals surface area contributed by atoms with Gasteiger partial charge in [-0.2, -0.15) is 0 Å². The molecule has 137 heavy (non-hydrogen) atoms. The molecule has 24 atom stereocenters. The van der Waals surface area contributed by atoms with E-state index in [1.807, 2.05) is 0 Å². The molecular formula is C89H131N11O35P2. The standard InChI is InChI=1S/C89H131N11O35P2/c1-48(2)75(99-83(108)62(43-72(104)96-61-21-29-125-86(61)111)97-71(103)22-28-121-31-33-123-35-36-124-34-32-122-30-27-91-84(109)63(100-73(105)17-18-74(100)106)46-94-70(102)23-37-136(114,115)116)85(110)98-60(8-7-25-92-87(90)112)82(107)95-53-11-9-52(10-12-53)47-126-88(113)93-26-20-58(135-137(117,118)119)42-68-76(120-6)59-41-54(101)40-56-14-16-65-77(129-56)81-80-79(131-65)78-69(132-80)45-89(133-78,134-81)24-19-57-39-50(4)64(127-57)15-13-55-38-49(3)51(5)66(128-55)44-67(59)130-68/h9-12,17-18,48-49,55-69,75-81H,4-5,7-8,13-16,19-47H2,1-3,6H3,(H,91,109)(H,93,113)(H,94,102)(H,95,107)(H,96,104)(H,97,103)(H,98,110)(H,99,108)(H3,90,92,112)(H2,114,115,116)(H2,117,118,119)/t49-,55+,56-,57+,58-,59+,60+,61+,62+,63+,64+,65+,66-,67+,68-,69-,75+,76-,77+,78+,79+,80-,81+,89+/m1/s1. The molecule has 12 heterocycles. The van der Waals surface area contributed by atoms with E-state index >= 15 is 0 Å². The summed E-state index contributed by atoms with van der Waals surface area (Å²) in [6.45, 7) is 13.5. The van der Waals surface area contributed by atoms with Crippen LogP contribution in [0.4, 0.5) is 15.3 Å². The van der Waals surface area contributed by atoms with Crippen LogP contribution in [0.25, 0.3) is 0 Å². The molecule has 11 fully saturated rings. The maximum atomic E-state index is 14.7. The smallest absolute Gasteiger partial charge is 0.464 e. The topological polar surface area (TPSA) is 622 Å². The minimum atomic E-state index is -5.20. The Labute approximate surface area is 792 Å². The van der Waals surface area contributed by atoms with Crippen LogP contribution >= 0.6 is 15.4 Å². The van der Waals surface area contributed by atoms with Gasteiger partial charge in [-0.15, -0.1) is 0 Å². The Morgan fingerprint density at radius 2 is 1.30 bits per heavy atom. The number of methoxy groups -OCH3 is 1. The molecule has 0 radical (unpaired) electrons. The molecule has 12 aliphatic rings. The number of alkyl carbamates (subject to hydrolysis) is 1. The zero-order valence-electron chi connectivity index (χ0n) is 77.3. The van der Waals surface area contributed by atoms with Crippen molar-refractivity contribution < 1.29 is 167 Å². The number of nitrogens with zero attached hydrogens (tertiary/aromatic N) is 1. The van der Waals surface area contributed by atoms with Crippen LogP contribution in [0.15, 0.2) is 60.7 Å². The van der Waals surface area contributed by atoms with E-state index in [1.54, 1.807) is 26.0 Å². The summed E-state index contributed by atoms with van der Waals surface area (Å²) in [7, 11) is -8.19. The van der Waals surface area contributed by atoms with Crippen molar-refractivity contribution in [1.29, 1.82) is 0 Å². The highest BCUT2D eigenvalue weighted by Crippen LogP contribution is 2.55. The molecule has 0 aliphatic carbocycles. The molecule has 762 valence electrons. The van der Waals surface area contributed by atoms with Crippen LogP contribution in [0.3, 0.4) is 0 Å². The fourth-order valence-corrected chi connectivity index (χ4v) is 20.3. The zero-order chi connectivity index (χ0) is 98.4. The highest BCUT2D eigenvalue weighted by atomic mass is 31.2. The van der Waals surface area contributed by atoms with E-state index in [1.165, 1.54) is 19.2 Å². The number of cyclic esters (lactones) is 1. The monoisotopic (exact) mass is 1980 g/mol. The summed E-state index contributed by atoms with van der Waals surface area (Å²) in [5, 5.41) is 22.9. The number of ketones is 1. The predicted octanol–water partition coefficient (Wildman–Crippen LogP) is 0.782. The minimum Gasteiger partial charge on any atom is -0.464 e. The summed E-state index contributed by atoms with van der Waals surface area (Å²) in [4.78, 5) is 211. The van der Waals surface area contributed by atoms with Crippen LogP contribution in [0.2, 0.25) is 0 Å². The Balaban J connectivity index is 0.589. The Morgan fingerprint density at radius 3 is 1.99 bits per heavy atom.